The number of nitrogens with one attached hydrogen (secondary N) is 2. The van der Waals surface area contributed by atoms with Crippen LogP contribution in [0.25, 0.3) is 0 Å². The van der Waals surface area contributed by atoms with Gasteiger partial charge in [0.05, 0.1) is 6.54 Å². The number of rotatable bonds is 4. The minimum absolute atomic E-state index is 0.0909. The second-order valence-corrected chi connectivity index (χ2v) is 7.32. The van der Waals surface area contributed by atoms with Crippen molar-refractivity contribution in [1.82, 2.24) is 5.32 Å². The van der Waals surface area contributed by atoms with Crippen molar-refractivity contribution in [3.63, 3.8) is 0 Å². The summed E-state index contributed by atoms with van der Waals surface area (Å²) < 4.78 is 10.7. The highest BCUT2D eigenvalue weighted by Crippen LogP contribution is 2.32. The van der Waals surface area contributed by atoms with Crippen molar-refractivity contribution in [2.45, 2.75) is 25.9 Å². The molecular formula is C18H21N2O3S+. The fourth-order valence-electron chi connectivity index (χ4n) is 3.41. The molecule has 1 aromatic carbocycles. The summed E-state index contributed by atoms with van der Waals surface area (Å²) in [5.74, 6) is 1.61. The van der Waals surface area contributed by atoms with Gasteiger partial charge in [-0.1, -0.05) is 6.07 Å². The molecule has 4 rings (SSSR count). The fourth-order valence-corrected chi connectivity index (χ4v) is 4.39. The lowest BCUT2D eigenvalue weighted by atomic mass is 10.0. The molecule has 2 aromatic rings. The third-order valence-corrected chi connectivity index (χ3v) is 5.84. The Hall–Kier alpha value is -2.05. The molecule has 0 saturated heterocycles. The van der Waals surface area contributed by atoms with Gasteiger partial charge in [-0.3, -0.25) is 4.79 Å². The highest BCUT2D eigenvalue weighted by atomic mass is 32.1. The van der Waals surface area contributed by atoms with Gasteiger partial charge in [0.15, 0.2) is 18.0 Å². The van der Waals surface area contributed by atoms with E-state index in [-0.39, 0.29) is 12.7 Å². The Labute approximate surface area is 145 Å². The van der Waals surface area contributed by atoms with Crippen molar-refractivity contribution >= 4 is 17.2 Å². The third-order valence-electron chi connectivity index (χ3n) is 4.85. The molecule has 2 aliphatic heterocycles. The number of hydrogen-bond acceptors (Lipinski definition) is 4. The van der Waals surface area contributed by atoms with Gasteiger partial charge < -0.3 is 19.7 Å². The Kier molecular flexibility index (Phi) is 4.16. The molecule has 24 heavy (non-hydrogen) atoms. The molecule has 0 bridgehead atoms. The zero-order valence-corrected chi connectivity index (χ0v) is 14.4. The lowest BCUT2D eigenvalue weighted by molar-refractivity contribution is -0.924. The minimum atomic E-state index is 0.0909. The molecule has 0 spiro atoms. The lowest BCUT2D eigenvalue weighted by Gasteiger charge is -2.29. The van der Waals surface area contributed by atoms with Gasteiger partial charge in [-0.2, -0.15) is 0 Å². The van der Waals surface area contributed by atoms with Crippen LogP contribution < -0.4 is 19.7 Å². The summed E-state index contributed by atoms with van der Waals surface area (Å²) in [5.41, 5.74) is 2.43. The number of thiophene rings is 1. The van der Waals surface area contributed by atoms with Gasteiger partial charge in [-0.15, -0.1) is 11.3 Å². The molecular weight excluding hydrogens is 324 g/mol. The molecule has 126 valence electrons. The third kappa shape index (κ3) is 2.99. The smallest absolute Gasteiger partial charge is 0.275 e. The molecule has 1 unspecified atom stereocenters. The quantitative estimate of drug-likeness (QED) is 0.878. The van der Waals surface area contributed by atoms with Crippen LogP contribution in [0.1, 0.15) is 29.0 Å². The van der Waals surface area contributed by atoms with Gasteiger partial charge in [-0.25, -0.2) is 0 Å². The normalized spacial score (nSPS) is 21.4. The van der Waals surface area contributed by atoms with Crippen LogP contribution in [-0.4, -0.2) is 25.8 Å². The number of ether oxygens (including phenoxy) is 2. The molecule has 2 atom stereocenters. The molecule has 5 nitrogen and oxygen atoms in total. The largest absolute Gasteiger partial charge is 0.454 e. The monoisotopic (exact) mass is 345 g/mol. The van der Waals surface area contributed by atoms with E-state index >= 15 is 0 Å². The first-order chi connectivity index (χ1) is 11.7. The van der Waals surface area contributed by atoms with E-state index in [2.05, 4.69) is 23.7 Å². The predicted octanol–water partition coefficient (Wildman–Crippen LogP) is 1.30. The van der Waals surface area contributed by atoms with E-state index in [0.717, 1.165) is 30.0 Å². The summed E-state index contributed by atoms with van der Waals surface area (Å²) in [6.45, 7) is 4.53. The van der Waals surface area contributed by atoms with Crippen LogP contribution in [0, 0.1) is 0 Å². The van der Waals surface area contributed by atoms with Crippen molar-refractivity contribution in [3.05, 3.63) is 45.6 Å². The Morgan fingerprint density at radius 3 is 3.12 bits per heavy atom. The molecule has 2 aliphatic rings. The molecule has 1 aromatic heterocycles. The number of benzene rings is 1. The lowest BCUT2D eigenvalue weighted by Crippen LogP contribution is -3.14. The average molecular weight is 345 g/mol. The maximum atomic E-state index is 12.3. The summed E-state index contributed by atoms with van der Waals surface area (Å²) in [6.07, 6.45) is 1.07. The Morgan fingerprint density at radius 1 is 1.33 bits per heavy atom. The number of hydrogen-bond donors (Lipinski definition) is 2. The molecule has 6 heteroatoms. The van der Waals surface area contributed by atoms with E-state index in [0.29, 0.717) is 19.1 Å². The van der Waals surface area contributed by atoms with Gasteiger partial charge in [0.25, 0.3) is 5.91 Å². The van der Waals surface area contributed by atoms with Crippen LogP contribution in [0.2, 0.25) is 0 Å². The second-order valence-electron chi connectivity index (χ2n) is 6.32. The highest BCUT2D eigenvalue weighted by molar-refractivity contribution is 7.10. The van der Waals surface area contributed by atoms with Crippen molar-refractivity contribution < 1.29 is 19.2 Å². The van der Waals surface area contributed by atoms with Crippen LogP contribution in [-0.2, 0) is 17.8 Å². The number of carbonyl (C=O) groups excluding carboxylic acids is 1. The predicted molar refractivity (Wildman–Crippen MR) is 91.5 cm³/mol. The van der Waals surface area contributed by atoms with Crippen molar-refractivity contribution in [2.24, 2.45) is 0 Å². The average Bonchev–Trinajstić information content (AvgIpc) is 3.24. The fraction of sp³-hybridized carbons (Fsp3) is 0.389. The van der Waals surface area contributed by atoms with Crippen molar-refractivity contribution in [3.8, 4) is 11.5 Å². The van der Waals surface area contributed by atoms with Crippen molar-refractivity contribution in [1.29, 1.82) is 0 Å². The standard InChI is InChI=1S/C18H20N2O3S/c1-12-14-5-7-24-17(14)4-6-20(12)10-18(21)19-9-13-2-3-15-16(8-13)23-11-22-15/h2-3,5,7-8,12H,4,6,9-11H2,1H3,(H,19,21)/p+1/t12-/m0/s1. The van der Waals surface area contributed by atoms with Crippen LogP contribution in [0.3, 0.4) is 0 Å². The first kappa shape index (κ1) is 15.5. The van der Waals surface area contributed by atoms with Gasteiger partial charge in [0.2, 0.25) is 6.79 Å². The maximum Gasteiger partial charge on any atom is 0.275 e. The van der Waals surface area contributed by atoms with Crippen LogP contribution in [0.5, 0.6) is 11.5 Å². The Balaban J connectivity index is 1.32. The minimum Gasteiger partial charge on any atom is -0.454 e. The van der Waals surface area contributed by atoms with E-state index in [1.54, 1.807) is 0 Å². The molecule has 0 saturated carbocycles. The van der Waals surface area contributed by atoms with Crippen LogP contribution >= 0.6 is 11.3 Å². The van der Waals surface area contributed by atoms with Gasteiger partial charge in [-0.05, 0) is 36.1 Å². The summed E-state index contributed by atoms with van der Waals surface area (Å²) in [5, 5.41) is 5.18. The van der Waals surface area contributed by atoms with E-state index in [1.807, 2.05) is 29.5 Å². The van der Waals surface area contributed by atoms with Gasteiger partial charge in [0, 0.05) is 23.4 Å². The SMILES string of the molecule is C[C@H]1c2ccsc2CC[NH+]1CC(=O)NCc1ccc2c(c1)OCO2. The van der Waals surface area contributed by atoms with Gasteiger partial charge in [0.1, 0.15) is 6.04 Å². The van der Waals surface area contributed by atoms with E-state index in [1.165, 1.54) is 15.3 Å². The van der Waals surface area contributed by atoms with Crippen LogP contribution in [0.4, 0.5) is 0 Å². The number of carbonyl (C=O) groups is 1. The summed E-state index contributed by atoms with van der Waals surface area (Å²) in [7, 11) is 0. The van der Waals surface area contributed by atoms with E-state index < -0.39 is 0 Å². The number of quaternary nitrogens is 1. The molecule has 0 aliphatic carbocycles. The van der Waals surface area contributed by atoms with Crippen LogP contribution in [0.15, 0.2) is 29.6 Å². The topological polar surface area (TPSA) is 52.0 Å². The van der Waals surface area contributed by atoms with E-state index in [9.17, 15) is 4.79 Å². The first-order valence-corrected chi connectivity index (χ1v) is 9.15. The van der Waals surface area contributed by atoms with Crippen molar-refractivity contribution in [2.75, 3.05) is 19.9 Å². The summed E-state index contributed by atoms with van der Waals surface area (Å²) >= 11 is 1.83. The summed E-state index contributed by atoms with van der Waals surface area (Å²) in [4.78, 5) is 15.1. The van der Waals surface area contributed by atoms with Gasteiger partial charge >= 0.3 is 0 Å². The Morgan fingerprint density at radius 2 is 2.21 bits per heavy atom. The molecule has 2 N–H and O–H groups in total. The maximum absolute atomic E-state index is 12.3. The second kappa shape index (κ2) is 6.45. The number of fused-ring (bicyclic) bond motifs is 2. The Bertz CT molecular complexity index is 758. The molecule has 0 fully saturated rings. The van der Waals surface area contributed by atoms with E-state index in [4.69, 9.17) is 9.47 Å². The summed E-state index contributed by atoms with van der Waals surface area (Å²) in [6, 6.07) is 8.36. The first-order valence-electron chi connectivity index (χ1n) is 8.27. The zero-order chi connectivity index (χ0) is 16.5. The molecule has 0 radical (unpaired) electrons. The molecule has 3 heterocycles. The number of amides is 1. The zero-order valence-electron chi connectivity index (χ0n) is 13.6. The highest BCUT2D eigenvalue weighted by Gasteiger charge is 2.29. The molecule has 1 amide bonds.